The summed E-state index contributed by atoms with van der Waals surface area (Å²) in [5.41, 5.74) is 1.71. The van der Waals surface area contributed by atoms with Crippen molar-refractivity contribution in [2.24, 2.45) is 0 Å². The van der Waals surface area contributed by atoms with Gasteiger partial charge in [0.1, 0.15) is 5.69 Å². The lowest BCUT2D eigenvalue weighted by molar-refractivity contribution is 0.102. The minimum Gasteiger partial charge on any atom is -0.321 e. The zero-order valence-corrected chi connectivity index (χ0v) is 15.5. The summed E-state index contributed by atoms with van der Waals surface area (Å²) < 4.78 is 0. The second-order valence-electron chi connectivity index (χ2n) is 5.43. The first kappa shape index (κ1) is 18.2. The number of nitrogens with zero attached hydrogens (tertiary/aromatic N) is 3. The zero-order chi connectivity index (χ0) is 18.5. The summed E-state index contributed by atoms with van der Waals surface area (Å²) in [4.78, 5) is 23.1. The van der Waals surface area contributed by atoms with Crippen molar-refractivity contribution in [1.29, 1.82) is 0 Å². The minimum atomic E-state index is -0.365. The van der Waals surface area contributed by atoms with Gasteiger partial charge >= 0.3 is 0 Å². The van der Waals surface area contributed by atoms with E-state index in [4.69, 9.17) is 23.2 Å². The van der Waals surface area contributed by atoms with Crippen LogP contribution in [0.25, 0.3) is 0 Å². The van der Waals surface area contributed by atoms with Gasteiger partial charge in [0, 0.05) is 34.2 Å². The van der Waals surface area contributed by atoms with Crippen LogP contribution in [0.15, 0.2) is 60.8 Å². The van der Waals surface area contributed by atoms with E-state index in [1.165, 1.54) is 0 Å². The maximum absolute atomic E-state index is 12.5. The van der Waals surface area contributed by atoms with Gasteiger partial charge in [0.05, 0.1) is 0 Å². The Morgan fingerprint density at radius 3 is 2.42 bits per heavy atom. The van der Waals surface area contributed by atoms with Gasteiger partial charge in [-0.1, -0.05) is 41.4 Å². The minimum absolute atomic E-state index is 0.250. The Balaban J connectivity index is 1.85. The van der Waals surface area contributed by atoms with Crippen LogP contribution in [-0.2, 0) is 0 Å². The van der Waals surface area contributed by atoms with Crippen LogP contribution in [0.3, 0.4) is 0 Å². The molecule has 1 N–H and O–H groups in total. The van der Waals surface area contributed by atoms with Crippen LogP contribution in [0.2, 0.25) is 10.0 Å². The Morgan fingerprint density at radius 1 is 1.08 bits per heavy atom. The summed E-state index contributed by atoms with van der Waals surface area (Å²) in [6.45, 7) is 2.66. The van der Waals surface area contributed by atoms with Crippen LogP contribution < -0.4 is 10.2 Å². The van der Waals surface area contributed by atoms with Gasteiger partial charge in [-0.2, -0.15) is 0 Å². The van der Waals surface area contributed by atoms with Gasteiger partial charge in [0.15, 0.2) is 0 Å². The monoisotopic (exact) mass is 386 g/mol. The highest BCUT2D eigenvalue weighted by molar-refractivity contribution is 6.35. The number of carbonyl (C=O) groups is 1. The van der Waals surface area contributed by atoms with Crippen LogP contribution in [0.5, 0.6) is 0 Å². The number of carbonyl (C=O) groups excluding carboxylic acids is 1. The quantitative estimate of drug-likeness (QED) is 0.654. The molecule has 7 heteroatoms. The highest BCUT2D eigenvalue weighted by Crippen LogP contribution is 2.24. The Bertz CT molecular complexity index is 898. The van der Waals surface area contributed by atoms with Crippen molar-refractivity contribution in [2.45, 2.75) is 6.92 Å². The maximum Gasteiger partial charge on any atom is 0.274 e. The summed E-state index contributed by atoms with van der Waals surface area (Å²) in [6, 6.07) is 16.2. The first-order valence-corrected chi connectivity index (χ1v) is 8.75. The molecule has 0 fully saturated rings. The largest absolute Gasteiger partial charge is 0.321 e. The lowest BCUT2D eigenvalue weighted by atomic mass is 10.3. The number of anilines is 3. The number of para-hydroxylation sites is 1. The first-order valence-electron chi connectivity index (χ1n) is 8.00. The molecule has 1 heterocycles. The van der Waals surface area contributed by atoms with E-state index in [2.05, 4.69) is 15.3 Å². The van der Waals surface area contributed by atoms with E-state index in [0.29, 0.717) is 28.2 Å². The third-order valence-corrected chi connectivity index (χ3v) is 4.06. The van der Waals surface area contributed by atoms with Gasteiger partial charge in [0.25, 0.3) is 5.91 Å². The van der Waals surface area contributed by atoms with E-state index in [1.54, 1.807) is 30.5 Å². The fraction of sp³-hybridized carbons (Fsp3) is 0.105. The fourth-order valence-corrected chi connectivity index (χ4v) is 3.00. The fourth-order valence-electron chi connectivity index (χ4n) is 2.47. The number of halogens is 2. The Kier molecular flexibility index (Phi) is 5.71. The SMILES string of the molecule is CCN(c1ccccc1)c1nccc(C(=O)Nc2cc(Cl)cc(Cl)c2)n1. The van der Waals surface area contributed by atoms with Gasteiger partial charge < -0.3 is 10.2 Å². The van der Waals surface area contributed by atoms with Crippen molar-refractivity contribution in [3.8, 4) is 0 Å². The van der Waals surface area contributed by atoms with Gasteiger partial charge in [0.2, 0.25) is 5.95 Å². The van der Waals surface area contributed by atoms with Crippen LogP contribution in [-0.4, -0.2) is 22.4 Å². The van der Waals surface area contributed by atoms with E-state index in [-0.39, 0.29) is 11.6 Å². The van der Waals surface area contributed by atoms with Crippen molar-refractivity contribution in [2.75, 3.05) is 16.8 Å². The molecule has 0 aliphatic heterocycles. The summed E-state index contributed by atoms with van der Waals surface area (Å²) in [7, 11) is 0. The molecule has 132 valence electrons. The van der Waals surface area contributed by atoms with E-state index in [9.17, 15) is 4.79 Å². The third-order valence-electron chi connectivity index (χ3n) is 3.62. The molecule has 1 aromatic heterocycles. The van der Waals surface area contributed by atoms with Gasteiger partial charge in [-0.25, -0.2) is 9.97 Å². The smallest absolute Gasteiger partial charge is 0.274 e. The molecule has 3 rings (SSSR count). The molecular formula is C19H16Cl2N4O. The summed E-state index contributed by atoms with van der Waals surface area (Å²) in [5, 5.41) is 3.63. The second-order valence-corrected chi connectivity index (χ2v) is 6.31. The predicted molar refractivity (Wildman–Crippen MR) is 106 cm³/mol. The van der Waals surface area contributed by atoms with Crippen molar-refractivity contribution < 1.29 is 4.79 Å². The molecular weight excluding hydrogens is 371 g/mol. The molecule has 0 unspecified atom stereocenters. The van der Waals surface area contributed by atoms with Crippen LogP contribution in [0.4, 0.5) is 17.3 Å². The molecule has 0 aliphatic carbocycles. The molecule has 0 aliphatic rings. The Morgan fingerprint density at radius 2 is 1.77 bits per heavy atom. The molecule has 2 aromatic carbocycles. The summed E-state index contributed by atoms with van der Waals surface area (Å²) in [6.07, 6.45) is 1.56. The Hall–Kier alpha value is -2.63. The van der Waals surface area contributed by atoms with Crippen molar-refractivity contribution in [3.63, 3.8) is 0 Å². The van der Waals surface area contributed by atoms with E-state index >= 15 is 0 Å². The number of hydrogen-bond acceptors (Lipinski definition) is 4. The number of hydrogen-bond donors (Lipinski definition) is 1. The lowest BCUT2D eigenvalue weighted by Crippen LogP contribution is -2.21. The van der Waals surface area contributed by atoms with Crippen molar-refractivity contribution in [1.82, 2.24) is 9.97 Å². The molecule has 1 amide bonds. The van der Waals surface area contributed by atoms with Crippen LogP contribution >= 0.6 is 23.2 Å². The third kappa shape index (κ3) is 4.31. The molecule has 0 radical (unpaired) electrons. The number of aromatic nitrogens is 2. The number of nitrogens with one attached hydrogen (secondary N) is 1. The van der Waals surface area contributed by atoms with Crippen LogP contribution in [0.1, 0.15) is 17.4 Å². The lowest BCUT2D eigenvalue weighted by Gasteiger charge is -2.21. The predicted octanol–water partition coefficient (Wildman–Crippen LogP) is 5.19. The van der Waals surface area contributed by atoms with Gasteiger partial charge in [-0.05, 0) is 43.3 Å². The van der Waals surface area contributed by atoms with Gasteiger partial charge in [-0.15, -0.1) is 0 Å². The van der Waals surface area contributed by atoms with Gasteiger partial charge in [-0.3, -0.25) is 4.79 Å². The standard InChI is InChI=1S/C19H16Cl2N4O/c1-2-25(16-6-4-3-5-7-16)19-22-9-8-17(24-19)18(26)23-15-11-13(20)10-14(21)12-15/h3-12H,2H2,1H3,(H,23,26). The molecule has 0 bridgehead atoms. The topological polar surface area (TPSA) is 58.1 Å². The summed E-state index contributed by atoms with van der Waals surface area (Å²) in [5.74, 6) is 0.0894. The highest BCUT2D eigenvalue weighted by atomic mass is 35.5. The van der Waals surface area contributed by atoms with E-state index < -0.39 is 0 Å². The van der Waals surface area contributed by atoms with Crippen LogP contribution in [0, 0.1) is 0 Å². The molecule has 26 heavy (non-hydrogen) atoms. The molecule has 5 nitrogen and oxygen atoms in total. The van der Waals surface area contributed by atoms with E-state index in [0.717, 1.165) is 5.69 Å². The highest BCUT2D eigenvalue weighted by Gasteiger charge is 2.14. The maximum atomic E-state index is 12.5. The Labute approximate surface area is 161 Å². The van der Waals surface area contributed by atoms with E-state index in [1.807, 2.05) is 42.2 Å². The molecule has 0 spiro atoms. The average molecular weight is 387 g/mol. The number of benzene rings is 2. The molecule has 0 atom stereocenters. The van der Waals surface area contributed by atoms with Crippen molar-refractivity contribution >= 4 is 46.4 Å². The number of rotatable bonds is 5. The normalized spacial score (nSPS) is 10.4. The van der Waals surface area contributed by atoms with Crippen molar-refractivity contribution in [3.05, 3.63) is 76.5 Å². The molecule has 0 saturated heterocycles. The average Bonchev–Trinajstić information content (AvgIpc) is 2.63. The molecule has 3 aromatic rings. The zero-order valence-electron chi connectivity index (χ0n) is 14.0. The number of amides is 1. The summed E-state index contributed by atoms with van der Waals surface area (Å²) >= 11 is 11.9. The first-order chi connectivity index (χ1) is 12.6. The second kappa shape index (κ2) is 8.17. The molecule has 0 saturated carbocycles.